The molecule has 0 fully saturated rings. The van der Waals surface area contributed by atoms with Gasteiger partial charge in [0, 0.05) is 34.1 Å². The monoisotopic (exact) mass is 750 g/mol. The molecular weight excluding hydrogens is 701 g/mol. The van der Waals surface area contributed by atoms with Crippen LogP contribution in [0.4, 0.5) is 34.1 Å². The fourth-order valence-corrected chi connectivity index (χ4v) is 8.68. The number of nitrogens with zero attached hydrogens (tertiary/aromatic N) is 2. The summed E-state index contributed by atoms with van der Waals surface area (Å²) in [4.78, 5) is 4.67. The maximum atomic E-state index is 2.46. The van der Waals surface area contributed by atoms with E-state index in [0.717, 1.165) is 34.1 Å². The van der Waals surface area contributed by atoms with Gasteiger partial charge in [0.1, 0.15) is 0 Å². The molecule has 0 spiro atoms. The van der Waals surface area contributed by atoms with Crippen LogP contribution in [0.5, 0.6) is 0 Å². The van der Waals surface area contributed by atoms with E-state index in [9.17, 15) is 0 Å². The first-order valence-corrected chi connectivity index (χ1v) is 20.6. The van der Waals surface area contributed by atoms with Gasteiger partial charge >= 0.3 is 0 Å². The Kier molecular flexibility index (Phi) is 9.79. The predicted octanol–water partition coefficient (Wildman–Crippen LogP) is 16.0. The minimum atomic E-state index is 0.167. The lowest BCUT2D eigenvalue weighted by Gasteiger charge is -2.42. The fraction of sp³-hybridized carbons (Fsp3) is 0.143. The molecule has 0 saturated heterocycles. The first-order chi connectivity index (χ1) is 28.2. The predicted molar refractivity (Wildman–Crippen MR) is 247 cm³/mol. The molecule has 0 unspecified atom stereocenters. The average Bonchev–Trinajstić information content (AvgIpc) is 3.27. The second-order valence-corrected chi connectivity index (χ2v) is 16.9. The van der Waals surface area contributed by atoms with Gasteiger partial charge in [-0.3, -0.25) is 0 Å². The number of anilines is 6. The van der Waals surface area contributed by atoms with E-state index < -0.39 is 0 Å². The summed E-state index contributed by atoms with van der Waals surface area (Å²) in [5, 5.41) is 0. The highest BCUT2D eigenvalue weighted by molar-refractivity contribution is 5.83. The van der Waals surface area contributed by atoms with Crippen LogP contribution >= 0.6 is 0 Å². The summed E-state index contributed by atoms with van der Waals surface area (Å²) >= 11 is 0. The minimum Gasteiger partial charge on any atom is -0.311 e. The van der Waals surface area contributed by atoms with Gasteiger partial charge in [0.05, 0.1) is 0 Å². The van der Waals surface area contributed by atoms with Gasteiger partial charge in [0.25, 0.3) is 0 Å². The standard InChI is InChI=1S/C56H50N2/c1-55(2)37-38-56(3,4)54-40-46(29-36-53(54)55)44-27-34-51(35-28-44)58(52-22-14-17-45(39-52)41-15-8-5-9-16-41)50-32-25-43(26-33-50)42-23-30-49(31-24-42)57(47-18-10-6-11-19-47)48-20-12-7-13-21-48/h5-36,39-40H,37-38H2,1-4H3. The van der Waals surface area contributed by atoms with Crippen LogP contribution in [0.25, 0.3) is 33.4 Å². The Bertz CT molecular complexity index is 2590. The van der Waals surface area contributed by atoms with Crippen LogP contribution in [0.15, 0.2) is 206 Å². The van der Waals surface area contributed by atoms with E-state index in [1.165, 1.54) is 57.3 Å². The highest BCUT2D eigenvalue weighted by atomic mass is 15.1. The SMILES string of the molecule is CC1(C)CCC(C)(C)c2cc(-c3ccc(N(c4ccc(-c5ccc(N(c6ccccc6)c6ccccc6)cc5)cc4)c4cccc(-c5ccccc5)c4)cc3)ccc21. The summed E-state index contributed by atoms with van der Waals surface area (Å²) in [6, 6.07) is 74.8. The third kappa shape index (κ3) is 7.35. The molecule has 0 aliphatic heterocycles. The molecule has 1 aliphatic rings. The van der Waals surface area contributed by atoms with Crippen LogP contribution in [0.2, 0.25) is 0 Å². The maximum absolute atomic E-state index is 2.46. The van der Waals surface area contributed by atoms with Crippen molar-refractivity contribution in [1.82, 2.24) is 0 Å². The van der Waals surface area contributed by atoms with Crippen molar-refractivity contribution in [3.05, 3.63) is 217 Å². The van der Waals surface area contributed by atoms with Crippen LogP contribution in [-0.4, -0.2) is 0 Å². The van der Waals surface area contributed by atoms with E-state index in [4.69, 9.17) is 0 Å². The van der Waals surface area contributed by atoms with Crippen molar-refractivity contribution in [2.24, 2.45) is 0 Å². The zero-order chi connectivity index (χ0) is 39.7. The van der Waals surface area contributed by atoms with E-state index in [2.05, 4.69) is 244 Å². The van der Waals surface area contributed by atoms with Crippen molar-refractivity contribution in [1.29, 1.82) is 0 Å². The summed E-state index contributed by atoms with van der Waals surface area (Å²) in [6.45, 7) is 9.60. The second-order valence-electron chi connectivity index (χ2n) is 16.9. The Morgan fingerprint density at radius 3 is 1.10 bits per heavy atom. The molecule has 8 aromatic carbocycles. The van der Waals surface area contributed by atoms with Crippen LogP contribution in [0.1, 0.15) is 51.7 Å². The smallest absolute Gasteiger partial charge is 0.0467 e. The van der Waals surface area contributed by atoms with Gasteiger partial charge in [-0.1, -0.05) is 161 Å². The van der Waals surface area contributed by atoms with Crippen molar-refractivity contribution in [2.45, 2.75) is 51.4 Å². The number of rotatable bonds is 9. The lowest BCUT2D eigenvalue weighted by atomic mass is 9.63. The van der Waals surface area contributed by atoms with Gasteiger partial charge in [0.2, 0.25) is 0 Å². The third-order valence-electron chi connectivity index (χ3n) is 12.1. The molecule has 0 bridgehead atoms. The Morgan fingerprint density at radius 2 is 0.603 bits per heavy atom. The van der Waals surface area contributed by atoms with E-state index in [0.29, 0.717) is 0 Å². The Morgan fingerprint density at radius 1 is 0.276 bits per heavy atom. The Hall–Kier alpha value is -6.64. The zero-order valence-corrected chi connectivity index (χ0v) is 33.9. The normalized spacial score (nSPS) is 14.0. The highest BCUT2D eigenvalue weighted by Crippen LogP contribution is 2.47. The zero-order valence-electron chi connectivity index (χ0n) is 33.9. The molecule has 58 heavy (non-hydrogen) atoms. The van der Waals surface area contributed by atoms with Crippen molar-refractivity contribution < 1.29 is 0 Å². The quantitative estimate of drug-likeness (QED) is 0.145. The molecule has 8 aromatic rings. The first-order valence-electron chi connectivity index (χ1n) is 20.6. The third-order valence-corrected chi connectivity index (χ3v) is 12.1. The van der Waals surface area contributed by atoms with Gasteiger partial charge in [-0.25, -0.2) is 0 Å². The van der Waals surface area contributed by atoms with E-state index in [1.807, 2.05) is 0 Å². The molecule has 0 radical (unpaired) electrons. The number of hydrogen-bond acceptors (Lipinski definition) is 2. The van der Waals surface area contributed by atoms with E-state index >= 15 is 0 Å². The number of hydrogen-bond donors (Lipinski definition) is 0. The average molecular weight is 751 g/mol. The van der Waals surface area contributed by atoms with E-state index in [-0.39, 0.29) is 10.8 Å². The molecule has 0 atom stereocenters. The molecule has 0 heterocycles. The Balaban J connectivity index is 1.05. The first kappa shape index (κ1) is 37.0. The van der Waals surface area contributed by atoms with Gasteiger partial charge in [-0.2, -0.15) is 0 Å². The second kappa shape index (κ2) is 15.4. The number of fused-ring (bicyclic) bond motifs is 1. The van der Waals surface area contributed by atoms with Gasteiger partial charge in [-0.15, -0.1) is 0 Å². The fourth-order valence-electron chi connectivity index (χ4n) is 8.68. The van der Waals surface area contributed by atoms with Crippen molar-refractivity contribution in [3.63, 3.8) is 0 Å². The van der Waals surface area contributed by atoms with Crippen molar-refractivity contribution in [3.8, 4) is 33.4 Å². The number of para-hydroxylation sites is 2. The maximum Gasteiger partial charge on any atom is 0.0467 e. The summed E-state index contributed by atoms with van der Waals surface area (Å²) in [6.07, 6.45) is 2.43. The van der Waals surface area contributed by atoms with Crippen LogP contribution < -0.4 is 9.80 Å². The van der Waals surface area contributed by atoms with Crippen molar-refractivity contribution >= 4 is 34.1 Å². The highest BCUT2D eigenvalue weighted by Gasteiger charge is 2.37. The number of benzene rings is 8. The van der Waals surface area contributed by atoms with Gasteiger partial charge in [-0.05, 0) is 141 Å². The molecule has 9 rings (SSSR count). The topological polar surface area (TPSA) is 6.48 Å². The summed E-state index contributed by atoms with van der Waals surface area (Å²) in [5.74, 6) is 0. The summed E-state index contributed by atoms with van der Waals surface area (Å²) in [7, 11) is 0. The molecule has 2 nitrogen and oxygen atoms in total. The summed E-state index contributed by atoms with van der Waals surface area (Å²) < 4.78 is 0. The molecule has 284 valence electrons. The summed E-state index contributed by atoms with van der Waals surface area (Å²) in [5.41, 5.74) is 17.3. The minimum absolute atomic E-state index is 0.167. The largest absolute Gasteiger partial charge is 0.311 e. The van der Waals surface area contributed by atoms with Crippen LogP contribution in [-0.2, 0) is 10.8 Å². The molecule has 0 N–H and O–H groups in total. The molecule has 0 aromatic heterocycles. The lowest BCUT2D eigenvalue weighted by Crippen LogP contribution is -2.33. The Labute approximate surface area is 344 Å². The lowest BCUT2D eigenvalue weighted by molar-refractivity contribution is 0.332. The molecular formula is C56H50N2. The van der Waals surface area contributed by atoms with Gasteiger partial charge in [0.15, 0.2) is 0 Å². The van der Waals surface area contributed by atoms with Crippen molar-refractivity contribution in [2.75, 3.05) is 9.80 Å². The molecule has 0 saturated carbocycles. The van der Waals surface area contributed by atoms with Gasteiger partial charge < -0.3 is 9.80 Å². The van der Waals surface area contributed by atoms with E-state index in [1.54, 1.807) is 0 Å². The molecule has 1 aliphatic carbocycles. The van der Waals surface area contributed by atoms with Crippen LogP contribution in [0.3, 0.4) is 0 Å². The molecule has 2 heteroatoms. The molecule has 0 amide bonds. The van der Waals surface area contributed by atoms with Crippen LogP contribution in [0, 0.1) is 0 Å².